The number of nitrogens with one attached hydrogen (secondary N) is 1. The summed E-state index contributed by atoms with van der Waals surface area (Å²) >= 11 is 0. The predicted molar refractivity (Wildman–Crippen MR) is 133 cm³/mol. The molecule has 176 valence electrons. The van der Waals surface area contributed by atoms with Crippen LogP contribution in [0.2, 0.25) is 0 Å². The normalized spacial score (nSPS) is 16.1. The van der Waals surface area contributed by atoms with Crippen molar-refractivity contribution < 1.29 is 14.3 Å². The highest BCUT2D eigenvalue weighted by molar-refractivity contribution is 5.94. The number of rotatable bonds is 5. The molecule has 1 atom stereocenters. The molecule has 7 heteroatoms. The number of aromatic carboxylic acids is 1. The molecule has 2 aromatic carbocycles. The van der Waals surface area contributed by atoms with Crippen LogP contribution in [0.1, 0.15) is 66.7 Å². The number of carboxylic acid groups (broad SMARTS) is 1. The second-order valence-corrected chi connectivity index (χ2v) is 9.82. The molecule has 1 saturated heterocycles. The average molecular weight is 460 g/mol. The number of benzene rings is 2. The molecule has 7 nitrogen and oxygen atoms in total. The topological polar surface area (TPSA) is 107 Å². The number of nitrogens with zero attached hydrogens (tertiary/aromatic N) is 2. The summed E-state index contributed by atoms with van der Waals surface area (Å²) in [5, 5.41) is 23.0. The van der Waals surface area contributed by atoms with Gasteiger partial charge in [0.2, 0.25) is 11.3 Å². The average Bonchev–Trinajstić information content (AvgIpc) is 2.79. The summed E-state index contributed by atoms with van der Waals surface area (Å²) in [7, 11) is 0. The number of piperidine rings is 1. The Balaban J connectivity index is 1.83. The Labute approximate surface area is 198 Å². The number of hydrogen-bond donors (Lipinski definition) is 2. The van der Waals surface area contributed by atoms with Gasteiger partial charge in [-0.05, 0) is 55.9 Å². The minimum atomic E-state index is -1.02. The van der Waals surface area contributed by atoms with E-state index < -0.39 is 5.97 Å². The molecular formula is C27H29N3O4. The SMILES string of the molecule is Cc1cc(C(C)Nc2ccccc2C(=O)O)c2oc(N3CCC(C)(C)CC3)c(C#N)c(=O)c2c1. The van der Waals surface area contributed by atoms with Gasteiger partial charge in [0.05, 0.1) is 17.0 Å². The van der Waals surface area contributed by atoms with E-state index in [4.69, 9.17) is 4.42 Å². The van der Waals surface area contributed by atoms with Crippen LogP contribution in [0.5, 0.6) is 0 Å². The van der Waals surface area contributed by atoms with Crippen molar-refractivity contribution in [2.75, 3.05) is 23.3 Å². The van der Waals surface area contributed by atoms with Crippen molar-refractivity contribution in [3.8, 4) is 6.07 Å². The van der Waals surface area contributed by atoms with E-state index in [1.165, 1.54) is 0 Å². The first-order chi connectivity index (χ1) is 16.1. The first kappa shape index (κ1) is 23.4. The molecule has 1 aromatic heterocycles. The Morgan fingerprint density at radius 1 is 1.24 bits per heavy atom. The monoisotopic (exact) mass is 459 g/mol. The number of aryl methyl sites for hydroxylation is 1. The zero-order valence-electron chi connectivity index (χ0n) is 19.9. The van der Waals surface area contributed by atoms with Gasteiger partial charge in [0.15, 0.2) is 5.56 Å². The van der Waals surface area contributed by atoms with E-state index in [0.29, 0.717) is 35.6 Å². The van der Waals surface area contributed by atoms with Crippen molar-refractivity contribution in [2.45, 2.75) is 46.6 Å². The maximum atomic E-state index is 13.4. The fourth-order valence-electron chi connectivity index (χ4n) is 4.53. The molecule has 2 heterocycles. The van der Waals surface area contributed by atoms with E-state index in [-0.39, 0.29) is 28.0 Å². The molecule has 2 N–H and O–H groups in total. The van der Waals surface area contributed by atoms with Gasteiger partial charge in [-0.1, -0.05) is 32.0 Å². The summed E-state index contributed by atoms with van der Waals surface area (Å²) in [6, 6.07) is 12.1. The van der Waals surface area contributed by atoms with Crippen molar-refractivity contribution in [2.24, 2.45) is 5.41 Å². The number of carboxylic acids is 1. The summed E-state index contributed by atoms with van der Waals surface area (Å²) in [4.78, 5) is 27.0. The lowest BCUT2D eigenvalue weighted by atomic mass is 9.82. The number of fused-ring (bicyclic) bond motifs is 1. The van der Waals surface area contributed by atoms with E-state index >= 15 is 0 Å². The Morgan fingerprint density at radius 3 is 2.56 bits per heavy atom. The number of carbonyl (C=O) groups is 1. The van der Waals surface area contributed by atoms with Gasteiger partial charge in [-0.25, -0.2) is 4.79 Å². The molecule has 1 aliphatic heterocycles. The molecule has 0 saturated carbocycles. The van der Waals surface area contributed by atoms with Crippen LogP contribution in [0.15, 0.2) is 45.6 Å². The van der Waals surface area contributed by atoms with E-state index in [9.17, 15) is 20.0 Å². The molecule has 1 fully saturated rings. The smallest absolute Gasteiger partial charge is 0.337 e. The van der Waals surface area contributed by atoms with Crippen molar-refractivity contribution in [3.63, 3.8) is 0 Å². The van der Waals surface area contributed by atoms with Crippen LogP contribution in [0, 0.1) is 23.7 Å². The van der Waals surface area contributed by atoms with E-state index in [2.05, 4.69) is 25.2 Å². The number of nitriles is 1. The molecular weight excluding hydrogens is 430 g/mol. The van der Waals surface area contributed by atoms with Gasteiger partial charge in [0.1, 0.15) is 11.7 Å². The van der Waals surface area contributed by atoms with Gasteiger partial charge in [-0.2, -0.15) is 5.26 Å². The highest BCUT2D eigenvalue weighted by Crippen LogP contribution is 2.36. The fraction of sp³-hybridized carbons (Fsp3) is 0.370. The fourth-order valence-corrected chi connectivity index (χ4v) is 4.53. The summed E-state index contributed by atoms with van der Waals surface area (Å²) in [6.07, 6.45) is 1.87. The third kappa shape index (κ3) is 4.36. The number of para-hydroxylation sites is 1. The van der Waals surface area contributed by atoms with Crippen molar-refractivity contribution >= 4 is 28.5 Å². The van der Waals surface area contributed by atoms with Crippen LogP contribution in [0.25, 0.3) is 11.0 Å². The maximum absolute atomic E-state index is 13.4. The minimum Gasteiger partial charge on any atom is -0.478 e. The van der Waals surface area contributed by atoms with Crippen LogP contribution >= 0.6 is 0 Å². The zero-order chi connectivity index (χ0) is 24.6. The Morgan fingerprint density at radius 2 is 1.91 bits per heavy atom. The quantitative estimate of drug-likeness (QED) is 0.521. The molecule has 0 spiro atoms. The van der Waals surface area contributed by atoms with Gasteiger partial charge in [0.25, 0.3) is 0 Å². The Kier molecular flexibility index (Phi) is 6.09. The third-order valence-electron chi connectivity index (χ3n) is 6.66. The van der Waals surface area contributed by atoms with Gasteiger partial charge in [-0.3, -0.25) is 4.79 Å². The molecule has 34 heavy (non-hydrogen) atoms. The van der Waals surface area contributed by atoms with Crippen molar-refractivity contribution in [1.82, 2.24) is 0 Å². The molecule has 1 unspecified atom stereocenters. The molecule has 0 radical (unpaired) electrons. The van der Waals surface area contributed by atoms with Gasteiger partial charge in [0, 0.05) is 24.3 Å². The standard InChI is InChI=1S/C27H29N3O4/c1-16-13-19(17(2)29-22-8-6-5-7-18(22)26(32)33)24-20(14-16)23(31)21(15-28)25(34-24)30-11-9-27(3,4)10-12-30/h5-8,13-14,17,29H,9-12H2,1-4H3,(H,32,33). The largest absolute Gasteiger partial charge is 0.478 e. The van der Waals surface area contributed by atoms with Crippen molar-refractivity contribution in [3.05, 3.63) is 68.9 Å². The molecule has 4 rings (SSSR count). The van der Waals surface area contributed by atoms with Crippen LogP contribution in [0.3, 0.4) is 0 Å². The van der Waals surface area contributed by atoms with Crippen LogP contribution < -0.4 is 15.6 Å². The van der Waals surface area contributed by atoms with Gasteiger partial charge >= 0.3 is 5.97 Å². The van der Waals surface area contributed by atoms with E-state index in [1.54, 1.807) is 30.3 Å². The maximum Gasteiger partial charge on any atom is 0.337 e. The molecule has 3 aromatic rings. The first-order valence-corrected chi connectivity index (χ1v) is 11.5. The second kappa shape index (κ2) is 8.86. The molecule has 0 aliphatic carbocycles. The number of anilines is 2. The Bertz CT molecular complexity index is 1360. The van der Waals surface area contributed by atoms with E-state index in [1.807, 2.05) is 24.8 Å². The molecule has 1 aliphatic rings. The van der Waals surface area contributed by atoms with Crippen LogP contribution in [-0.4, -0.2) is 24.2 Å². The van der Waals surface area contributed by atoms with Crippen LogP contribution in [-0.2, 0) is 0 Å². The summed E-state index contributed by atoms with van der Waals surface area (Å²) in [6.45, 7) is 9.62. The summed E-state index contributed by atoms with van der Waals surface area (Å²) < 4.78 is 6.34. The van der Waals surface area contributed by atoms with E-state index in [0.717, 1.165) is 24.0 Å². The lowest BCUT2D eigenvalue weighted by Gasteiger charge is -2.37. The van der Waals surface area contributed by atoms with Gasteiger partial charge < -0.3 is 19.7 Å². The molecule has 0 bridgehead atoms. The highest BCUT2D eigenvalue weighted by atomic mass is 16.4. The Hall–Kier alpha value is -3.79. The van der Waals surface area contributed by atoms with Crippen molar-refractivity contribution in [1.29, 1.82) is 5.26 Å². The molecule has 0 amide bonds. The predicted octanol–water partition coefficient (Wildman–Crippen LogP) is 5.47. The summed E-state index contributed by atoms with van der Waals surface area (Å²) in [5.74, 6) is -0.705. The zero-order valence-corrected chi connectivity index (χ0v) is 19.9. The highest BCUT2D eigenvalue weighted by Gasteiger charge is 2.30. The third-order valence-corrected chi connectivity index (χ3v) is 6.66. The van der Waals surface area contributed by atoms with Crippen LogP contribution in [0.4, 0.5) is 11.6 Å². The second-order valence-electron chi connectivity index (χ2n) is 9.82. The lowest BCUT2D eigenvalue weighted by Crippen LogP contribution is -2.38. The summed E-state index contributed by atoms with van der Waals surface area (Å²) in [5.41, 5.74) is 2.54. The number of hydrogen-bond acceptors (Lipinski definition) is 6. The lowest BCUT2D eigenvalue weighted by molar-refractivity contribution is 0.0698. The first-order valence-electron chi connectivity index (χ1n) is 11.5. The minimum absolute atomic E-state index is 0.0283. The van der Waals surface area contributed by atoms with Gasteiger partial charge in [-0.15, -0.1) is 0 Å².